The fourth-order valence-electron chi connectivity index (χ4n) is 1.47. The summed E-state index contributed by atoms with van der Waals surface area (Å²) in [5, 5.41) is 0.821. The molecule has 1 heterocycles. The average Bonchev–Trinajstić information content (AvgIpc) is 2.38. The van der Waals surface area contributed by atoms with E-state index in [1.54, 1.807) is 12.3 Å². The molecule has 4 heteroatoms. The van der Waals surface area contributed by atoms with Gasteiger partial charge in [-0.25, -0.2) is 9.97 Å². The monoisotopic (exact) mass is 244 g/mol. The van der Waals surface area contributed by atoms with Gasteiger partial charge in [-0.3, -0.25) is 4.79 Å². The Morgan fingerprint density at radius 3 is 2.82 bits per heavy atom. The number of nitrogens with zero attached hydrogens (tertiary/aromatic N) is 2. The number of aromatic nitrogens is 2. The van der Waals surface area contributed by atoms with Crippen LogP contribution in [0, 0.1) is 6.92 Å². The number of aryl methyl sites for hydroxylation is 1. The van der Waals surface area contributed by atoms with Crippen molar-refractivity contribution in [3.8, 4) is 0 Å². The summed E-state index contributed by atoms with van der Waals surface area (Å²) in [6.07, 6.45) is 3.16. The van der Waals surface area contributed by atoms with Crippen LogP contribution in [-0.4, -0.2) is 21.5 Å². The van der Waals surface area contributed by atoms with E-state index in [1.807, 2.05) is 31.2 Å². The molecular weight excluding hydrogens is 232 g/mol. The van der Waals surface area contributed by atoms with E-state index in [1.165, 1.54) is 18.1 Å². The van der Waals surface area contributed by atoms with Gasteiger partial charge in [0, 0.05) is 11.8 Å². The minimum atomic E-state index is 0.131. The van der Waals surface area contributed by atoms with E-state index in [2.05, 4.69) is 9.97 Å². The van der Waals surface area contributed by atoms with Crippen LogP contribution in [0.1, 0.15) is 15.9 Å². The van der Waals surface area contributed by atoms with E-state index in [0.29, 0.717) is 5.75 Å². The molecule has 0 fully saturated rings. The Hall–Kier alpha value is -1.68. The molecule has 0 saturated carbocycles. The fourth-order valence-corrected chi connectivity index (χ4v) is 2.18. The lowest BCUT2D eigenvalue weighted by Gasteiger charge is -2.03. The zero-order chi connectivity index (χ0) is 12.1. The zero-order valence-electron chi connectivity index (χ0n) is 9.46. The molecule has 0 bridgehead atoms. The Bertz CT molecular complexity index is 514. The maximum absolute atomic E-state index is 12.0. The van der Waals surface area contributed by atoms with Gasteiger partial charge in [0.05, 0.1) is 10.8 Å². The van der Waals surface area contributed by atoms with E-state index >= 15 is 0 Å². The third kappa shape index (κ3) is 3.14. The topological polar surface area (TPSA) is 42.9 Å². The lowest BCUT2D eigenvalue weighted by Crippen LogP contribution is -2.04. The van der Waals surface area contributed by atoms with Crippen LogP contribution in [0.5, 0.6) is 0 Å². The van der Waals surface area contributed by atoms with Crippen LogP contribution in [0.2, 0.25) is 0 Å². The highest BCUT2D eigenvalue weighted by molar-refractivity contribution is 7.99. The van der Waals surface area contributed by atoms with Crippen LogP contribution in [0.4, 0.5) is 0 Å². The number of hydrogen-bond acceptors (Lipinski definition) is 4. The van der Waals surface area contributed by atoms with Crippen molar-refractivity contribution in [3.63, 3.8) is 0 Å². The van der Waals surface area contributed by atoms with E-state index in [-0.39, 0.29) is 5.78 Å². The van der Waals surface area contributed by atoms with Crippen molar-refractivity contribution >= 4 is 17.5 Å². The largest absolute Gasteiger partial charge is 0.293 e. The molecule has 0 aliphatic rings. The van der Waals surface area contributed by atoms with Crippen molar-refractivity contribution in [1.29, 1.82) is 0 Å². The van der Waals surface area contributed by atoms with Crippen LogP contribution in [0.3, 0.4) is 0 Å². The van der Waals surface area contributed by atoms with Crippen LogP contribution >= 0.6 is 11.8 Å². The standard InChI is InChI=1S/C13H12N2OS/c1-10-4-2-3-5-11(10)12(16)8-17-13-6-7-14-9-15-13/h2-7,9H,8H2,1H3. The number of Topliss-reactive ketones (excluding diaryl/α,β-unsaturated/α-hetero) is 1. The van der Waals surface area contributed by atoms with Crippen molar-refractivity contribution < 1.29 is 4.79 Å². The van der Waals surface area contributed by atoms with Gasteiger partial charge in [0.1, 0.15) is 6.33 Å². The average molecular weight is 244 g/mol. The summed E-state index contributed by atoms with van der Waals surface area (Å²) in [5.74, 6) is 0.536. The van der Waals surface area contributed by atoms with Crippen molar-refractivity contribution in [2.75, 3.05) is 5.75 Å². The molecule has 0 atom stereocenters. The minimum Gasteiger partial charge on any atom is -0.293 e. The molecule has 0 unspecified atom stereocenters. The number of rotatable bonds is 4. The van der Waals surface area contributed by atoms with Crippen molar-refractivity contribution in [2.45, 2.75) is 11.9 Å². The first-order valence-corrected chi connectivity index (χ1v) is 6.23. The summed E-state index contributed by atoms with van der Waals surface area (Å²) in [4.78, 5) is 19.9. The first kappa shape index (κ1) is 11.8. The second kappa shape index (κ2) is 5.59. The van der Waals surface area contributed by atoms with Gasteiger partial charge in [0.2, 0.25) is 0 Å². The van der Waals surface area contributed by atoms with Gasteiger partial charge in [-0.05, 0) is 18.6 Å². The van der Waals surface area contributed by atoms with Crippen molar-refractivity contribution in [1.82, 2.24) is 9.97 Å². The predicted molar refractivity (Wildman–Crippen MR) is 68.3 cm³/mol. The summed E-state index contributed by atoms with van der Waals surface area (Å²) in [6.45, 7) is 1.95. The van der Waals surface area contributed by atoms with Gasteiger partial charge in [-0.2, -0.15) is 0 Å². The van der Waals surface area contributed by atoms with Gasteiger partial charge < -0.3 is 0 Å². The Labute approximate surface area is 104 Å². The molecule has 0 aliphatic carbocycles. The molecule has 0 amide bonds. The molecule has 0 N–H and O–H groups in total. The molecule has 1 aromatic carbocycles. The van der Waals surface area contributed by atoms with Crippen LogP contribution in [-0.2, 0) is 0 Å². The molecule has 0 saturated heterocycles. The number of ketones is 1. The number of carbonyl (C=O) groups excluding carboxylic acids is 1. The van der Waals surface area contributed by atoms with Crippen molar-refractivity contribution in [2.24, 2.45) is 0 Å². The third-order valence-electron chi connectivity index (χ3n) is 2.35. The van der Waals surface area contributed by atoms with Gasteiger partial charge in [-0.15, -0.1) is 0 Å². The molecule has 86 valence electrons. The van der Waals surface area contributed by atoms with Gasteiger partial charge in [0.15, 0.2) is 5.78 Å². The Morgan fingerprint density at radius 2 is 2.12 bits per heavy atom. The number of hydrogen-bond donors (Lipinski definition) is 0. The highest BCUT2D eigenvalue weighted by atomic mass is 32.2. The SMILES string of the molecule is Cc1ccccc1C(=O)CSc1ccncn1. The lowest BCUT2D eigenvalue weighted by atomic mass is 10.1. The van der Waals surface area contributed by atoms with Gasteiger partial charge in [0.25, 0.3) is 0 Å². The van der Waals surface area contributed by atoms with E-state index in [0.717, 1.165) is 16.2 Å². The number of thioether (sulfide) groups is 1. The van der Waals surface area contributed by atoms with E-state index in [9.17, 15) is 4.79 Å². The number of benzene rings is 1. The van der Waals surface area contributed by atoms with Gasteiger partial charge >= 0.3 is 0 Å². The minimum absolute atomic E-state index is 0.131. The Kier molecular flexibility index (Phi) is 3.88. The molecule has 2 rings (SSSR count). The summed E-state index contributed by atoms with van der Waals surface area (Å²) in [5.41, 5.74) is 1.80. The molecule has 0 aliphatic heterocycles. The highest BCUT2D eigenvalue weighted by Crippen LogP contribution is 2.17. The second-order valence-corrected chi connectivity index (χ2v) is 4.57. The molecule has 0 spiro atoms. The van der Waals surface area contributed by atoms with E-state index < -0.39 is 0 Å². The fraction of sp³-hybridized carbons (Fsp3) is 0.154. The highest BCUT2D eigenvalue weighted by Gasteiger charge is 2.08. The normalized spacial score (nSPS) is 10.2. The predicted octanol–water partition coefficient (Wildman–Crippen LogP) is 2.76. The van der Waals surface area contributed by atoms with Crippen LogP contribution in [0.15, 0.2) is 47.9 Å². The quantitative estimate of drug-likeness (QED) is 0.471. The zero-order valence-corrected chi connectivity index (χ0v) is 10.3. The molecule has 0 radical (unpaired) electrons. The first-order valence-electron chi connectivity index (χ1n) is 5.25. The third-order valence-corrected chi connectivity index (χ3v) is 3.30. The Morgan fingerprint density at radius 1 is 1.29 bits per heavy atom. The molecule has 2 aromatic rings. The molecule has 17 heavy (non-hydrogen) atoms. The Balaban J connectivity index is 2.01. The maximum atomic E-state index is 12.0. The van der Waals surface area contributed by atoms with Gasteiger partial charge in [-0.1, -0.05) is 36.0 Å². The molecular formula is C13H12N2OS. The summed E-state index contributed by atoms with van der Waals surface area (Å²) >= 11 is 1.43. The summed E-state index contributed by atoms with van der Waals surface area (Å²) in [7, 11) is 0. The van der Waals surface area contributed by atoms with E-state index in [4.69, 9.17) is 0 Å². The first-order chi connectivity index (χ1) is 8.27. The van der Waals surface area contributed by atoms with Crippen LogP contribution < -0.4 is 0 Å². The van der Waals surface area contributed by atoms with Crippen LogP contribution in [0.25, 0.3) is 0 Å². The summed E-state index contributed by atoms with van der Waals surface area (Å²) < 4.78 is 0. The second-order valence-electron chi connectivity index (χ2n) is 3.57. The smallest absolute Gasteiger partial charge is 0.173 e. The maximum Gasteiger partial charge on any atom is 0.173 e. The number of carbonyl (C=O) groups is 1. The summed E-state index contributed by atoms with van der Waals surface area (Å²) in [6, 6.07) is 9.43. The molecule has 3 nitrogen and oxygen atoms in total. The molecule has 1 aromatic heterocycles. The van der Waals surface area contributed by atoms with Crippen molar-refractivity contribution in [3.05, 3.63) is 54.0 Å². The lowest BCUT2D eigenvalue weighted by molar-refractivity contribution is 0.102.